The van der Waals surface area contributed by atoms with E-state index >= 15 is 0 Å². The molecule has 1 aromatic carbocycles. The number of ether oxygens (including phenoxy) is 1. The van der Waals surface area contributed by atoms with Crippen LogP contribution in [-0.4, -0.2) is 13.1 Å². The Morgan fingerprint density at radius 2 is 2.20 bits per heavy atom. The first-order valence-corrected chi connectivity index (χ1v) is 6.07. The number of thiophene rings is 1. The molecule has 0 N–H and O–H groups in total. The Labute approximate surface area is 100.0 Å². The van der Waals surface area contributed by atoms with E-state index in [1.54, 1.807) is 11.3 Å². The minimum absolute atomic E-state index is 0.276. The Hall–Kier alpha value is -0.870. The Kier molecular flexibility index (Phi) is 2.80. The van der Waals surface area contributed by atoms with Gasteiger partial charge in [0.15, 0.2) is 0 Å². The molecule has 0 aliphatic rings. The van der Waals surface area contributed by atoms with Gasteiger partial charge in [-0.05, 0) is 34.5 Å². The average molecular weight is 285 g/mol. The molecule has 2 nitrogen and oxygen atoms in total. The molecule has 0 aliphatic heterocycles. The summed E-state index contributed by atoms with van der Waals surface area (Å²) in [6.07, 6.45) is 0. The number of esters is 1. The van der Waals surface area contributed by atoms with Gasteiger partial charge in [-0.15, -0.1) is 11.3 Å². The van der Waals surface area contributed by atoms with Crippen LogP contribution in [0.1, 0.15) is 15.9 Å². The largest absolute Gasteiger partial charge is 0.465 e. The van der Waals surface area contributed by atoms with Crippen molar-refractivity contribution in [3.05, 3.63) is 33.1 Å². The summed E-state index contributed by atoms with van der Waals surface area (Å²) in [5.74, 6) is -0.276. The van der Waals surface area contributed by atoms with E-state index in [0.717, 1.165) is 20.1 Å². The highest BCUT2D eigenvalue weighted by Gasteiger charge is 2.15. The quantitative estimate of drug-likeness (QED) is 0.746. The number of hydrogen-bond donors (Lipinski definition) is 0. The number of benzene rings is 1. The lowest BCUT2D eigenvalue weighted by Crippen LogP contribution is -2.00. The molecule has 0 bridgehead atoms. The van der Waals surface area contributed by atoms with Crippen molar-refractivity contribution in [1.29, 1.82) is 0 Å². The first-order valence-electron chi connectivity index (χ1n) is 4.39. The van der Waals surface area contributed by atoms with E-state index in [0.29, 0.717) is 5.56 Å². The predicted molar refractivity (Wildman–Crippen MR) is 65.6 cm³/mol. The third-order valence-corrected chi connectivity index (χ3v) is 4.22. The van der Waals surface area contributed by atoms with E-state index in [1.807, 2.05) is 24.4 Å². The van der Waals surface area contributed by atoms with Crippen molar-refractivity contribution in [3.63, 3.8) is 0 Å². The summed E-state index contributed by atoms with van der Waals surface area (Å²) >= 11 is 5.02. The van der Waals surface area contributed by atoms with Gasteiger partial charge in [0, 0.05) is 19.9 Å². The summed E-state index contributed by atoms with van der Waals surface area (Å²) in [5.41, 5.74) is 1.74. The summed E-state index contributed by atoms with van der Waals surface area (Å²) in [4.78, 5) is 11.5. The van der Waals surface area contributed by atoms with Gasteiger partial charge in [-0.1, -0.05) is 6.07 Å². The van der Waals surface area contributed by atoms with Crippen LogP contribution >= 0.6 is 27.3 Å². The predicted octanol–water partition coefficient (Wildman–Crippen LogP) is 3.76. The van der Waals surface area contributed by atoms with Crippen LogP contribution in [0.25, 0.3) is 10.1 Å². The maximum atomic E-state index is 11.5. The molecule has 1 heterocycles. The van der Waals surface area contributed by atoms with Gasteiger partial charge in [0.25, 0.3) is 0 Å². The Morgan fingerprint density at radius 1 is 1.47 bits per heavy atom. The highest BCUT2D eigenvalue weighted by Crippen LogP contribution is 2.34. The fraction of sp³-hybridized carbons (Fsp3) is 0.182. The minimum Gasteiger partial charge on any atom is -0.465 e. The molecule has 0 amide bonds. The van der Waals surface area contributed by atoms with Gasteiger partial charge in [0.05, 0.1) is 12.7 Å². The van der Waals surface area contributed by atoms with Gasteiger partial charge in [0.1, 0.15) is 0 Å². The Balaban J connectivity index is 2.79. The zero-order valence-electron chi connectivity index (χ0n) is 8.33. The number of carbonyl (C=O) groups excluding carboxylic acids is 1. The lowest BCUT2D eigenvalue weighted by molar-refractivity contribution is 0.0603. The third kappa shape index (κ3) is 1.68. The second kappa shape index (κ2) is 3.94. The van der Waals surface area contributed by atoms with Gasteiger partial charge >= 0.3 is 5.97 Å². The topological polar surface area (TPSA) is 26.3 Å². The molecule has 0 radical (unpaired) electrons. The number of methoxy groups -OCH3 is 1. The molecule has 0 atom stereocenters. The number of hydrogen-bond acceptors (Lipinski definition) is 3. The molecule has 0 saturated carbocycles. The van der Waals surface area contributed by atoms with Gasteiger partial charge in [-0.3, -0.25) is 0 Å². The summed E-state index contributed by atoms with van der Waals surface area (Å²) in [7, 11) is 1.40. The fourth-order valence-electron chi connectivity index (χ4n) is 1.54. The van der Waals surface area contributed by atoms with Crippen molar-refractivity contribution in [2.75, 3.05) is 7.11 Å². The van der Waals surface area contributed by atoms with Crippen LogP contribution in [0, 0.1) is 6.92 Å². The SMILES string of the molecule is COC(=O)c1csc2c(Br)ccc(C)c12. The van der Waals surface area contributed by atoms with Gasteiger partial charge in [-0.2, -0.15) is 0 Å². The first-order chi connectivity index (χ1) is 7.15. The molecule has 2 rings (SSSR count). The Morgan fingerprint density at radius 3 is 2.87 bits per heavy atom. The average Bonchev–Trinajstić information content (AvgIpc) is 2.68. The van der Waals surface area contributed by atoms with Crippen LogP contribution in [0.2, 0.25) is 0 Å². The van der Waals surface area contributed by atoms with Crippen LogP contribution in [-0.2, 0) is 4.74 Å². The van der Waals surface area contributed by atoms with Crippen LogP contribution < -0.4 is 0 Å². The standard InChI is InChI=1S/C11H9BrO2S/c1-6-3-4-8(12)10-9(6)7(5-15-10)11(13)14-2/h3-5H,1-2H3. The van der Waals surface area contributed by atoms with Crippen molar-refractivity contribution in [2.24, 2.45) is 0 Å². The molecule has 4 heteroatoms. The minimum atomic E-state index is -0.276. The van der Waals surface area contributed by atoms with Gasteiger partial charge in [-0.25, -0.2) is 4.79 Å². The van der Waals surface area contributed by atoms with E-state index in [4.69, 9.17) is 4.74 Å². The van der Waals surface area contributed by atoms with E-state index in [2.05, 4.69) is 15.9 Å². The normalized spacial score (nSPS) is 10.6. The van der Waals surface area contributed by atoms with Crippen LogP contribution in [0.3, 0.4) is 0 Å². The maximum absolute atomic E-state index is 11.5. The smallest absolute Gasteiger partial charge is 0.339 e. The lowest BCUT2D eigenvalue weighted by Gasteiger charge is -2.01. The molecular weight excluding hydrogens is 276 g/mol. The van der Waals surface area contributed by atoms with Crippen molar-refractivity contribution < 1.29 is 9.53 Å². The molecule has 1 aromatic heterocycles. The Bertz CT molecular complexity index is 531. The van der Waals surface area contributed by atoms with Gasteiger partial charge < -0.3 is 4.74 Å². The molecule has 0 fully saturated rings. The molecule has 0 saturated heterocycles. The van der Waals surface area contributed by atoms with E-state index in [1.165, 1.54) is 7.11 Å². The highest BCUT2D eigenvalue weighted by molar-refractivity contribution is 9.10. The van der Waals surface area contributed by atoms with Crippen LogP contribution in [0.4, 0.5) is 0 Å². The molecule has 0 spiro atoms. The second-order valence-electron chi connectivity index (χ2n) is 3.21. The highest BCUT2D eigenvalue weighted by atomic mass is 79.9. The van der Waals surface area contributed by atoms with Crippen molar-refractivity contribution in [3.8, 4) is 0 Å². The van der Waals surface area contributed by atoms with Crippen LogP contribution in [0.5, 0.6) is 0 Å². The number of carbonyl (C=O) groups is 1. The monoisotopic (exact) mass is 284 g/mol. The first kappa shape index (κ1) is 10.6. The zero-order valence-corrected chi connectivity index (χ0v) is 10.7. The molecule has 15 heavy (non-hydrogen) atoms. The summed E-state index contributed by atoms with van der Waals surface area (Å²) in [6.45, 7) is 1.99. The zero-order chi connectivity index (χ0) is 11.0. The maximum Gasteiger partial charge on any atom is 0.339 e. The molecule has 2 aromatic rings. The number of rotatable bonds is 1. The molecule has 0 unspecified atom stereocenters. The number of halogens is 1. The summed E-state index contributed by atoms with van der Waals surface area (Å²) < 4.78 is 6.86. The molecular formula is C11H9BrO2S. The van der Waals surface area contributed by atoms with E-state index < -0.39 is 0 Å². The lowest BCUT2D eigenvalue weighted by atomic mass is 10.1. The third-order valence-electron chi connectivity index (χ3n) is 2.29. The summed E-state index contributed by atoms with van der Waals surface area (Å²) in [5, 5.41) is 2.83. The molecule has 0 aliphatic carbocycles. The van der Waals surface area contributed by atoms with Crippen molar-refractivity contribution in [2.45, 2.75) is 6.92 Å². The van der Waals surface area contributed by atoms with Crippen molar-refractivity contribution in [1.82, 2.24) is 0 Å². The van der Waals surface area contributed by atoms with E-state index in [9.17, 15) is 4.79 Å². The molecule has 78 valence electrons. The van der Waals surface area contributed by atoms with Crippen molar-refractivity contribution >= 4 is 43.3 Å². The summed E-state index contributed by atoms with van der Waals surface area (Å²) in [6, 6.07) is 3.99. The van der Waals surface area contributed by atoms with Gasteiger partial charge in [0.2, 0.25) is 0 Å². The number of fused-ring (bicyclic) bond motifs is 1. The van der Waals surface area contributed by atoms with Crippen LogP contribution in [0.15, 0.2) is 22.0 Å². The fourth-order valence-corrected chi connectivity index (χ4v) is 3.17. The van der Waals surface area contributed by atoms with E-state index in [-0.39, 0.29) is 5.97 Å². The number of aryl methyl sites for hydroxylation is 1. The second-order valence-corrected chi connectivity index (χ2v) is 4.94.